The lowest BCUT2D eigenvalue weighted by atomic mass is 10.2. The summed E-state index contributed by atoms with van der Waals surface area (Å²) in [7, 11) is 0. The molecule has 0 aliphatic carbocycles. The molecule has 1 saturated heterocycles. The van der Waals surface area contributed by atoms with Crippen molar-refractivity contribution in [3.63, 3.8) is 0 Å². The average Bonchev–Trinajstić information content (AvgIpc) is 2.77. The Morgan fingerprint density at radius 3 is 2.76 bits per heavy atom. The van der Waals surface area contributed by atoms with Crippen LogP contribution >= 0.6 is 0 Å². The summed E-state index contributed by atoms with van der Waals surface area (Å²) >= 11 is 0. The highest BCUT2D eigenvalue weighted by Crippen LogP contribution is 2.21. The minimum atomic E-state index is -0.182. The van der Waals surface area contributed by atoms with Crippen LogP contribution in [0.2, 0.25) is 0 Å². The lowest BCUT2D eigenvalue weighted by Gasteiger charge is -2.34. The third kappa shape index (κ3) is 2.23. The first-order valence-corrected chi connectivity index (χ1v) is 5.72. The van der Waals surface area contributed by atoms with E-state index in [-0.39, 0.29) is 6.10 Å². The highest BCUT2D eigenvalue weighted by atomic mass is 16.4. The molecule has 1 N–H and O–H groups in total. The highest BCUT2D eigenvalue weighted by Gasteiger charge is 2.25. The Morgan fingerprint density at radius 1 is 1.29 bits per heavy atom. The molecule has 17 heavy (non-hydrogen) atoms. The third-order valence-electron chi connectivity index (χ3n) is 2.91. The molecule has 1 aliphatic rings. The van der Waals surface area contributed by atoms with Gasteiger partial charge in [-0.2, -0.15) is 0 Å². The molecule has 0 spiro atoms. The lowest BCUT2D eigenvalue weighted by molar-refractivity contribution is -0.00708. The van der Waals surface area contributed by atoms with Crippen molar-refractivity contribution in [2.24, 2.45) is 0 Å². The van der Waals surface area contributed by atoms with Crippen LogP contribution < -0.4 is 0 Å². The second-order valence-corrected chi connectivity index (χ2v) is 4.33. The summed E-state index contributed by atoms with van der Waals surface area (Å²) in [6, 6.07) is 9.92. The van der Waals surface area contributed by atoms with E-state index < -0.39 is 0 Å². The Balaban J connectivity index is 1.70. The van der Waals surface area contributed by atoms with Crippen LogP contribution in [-0.2, 0) is 6.54 Å². The Kier molecular flexibility index (Phi) is 2.66. The number of aliphatic hydroxyl groups is 1. The Hall–Kier alpha value is -1.65. The molecule has 1 aromatic carbocycles. The van der Waals surface area contributed by atoms with Gasteiger partial charge in [0, 0.05) is 18.7 Å². The number of aliphatic hydroxyl groups excluding tert-OH is 1. The number of aromatic nitrogens is 1. The molecule has 3 rings (SSSR count). The fraction of sp³-hybridized carbons (Fsp3) is 0.308. The second-order valence-electron chi connectivity index (χ2n) is 4.33. The monoisotopic (exact) mass is 230 g/mol. The molecule has 0 bridgehead atoms. The maximum atomic E-state index is 9.19. The van der Waals surface area contributed by atoms with Gasteiger partial charge >= 0.3 is 0 Å². The van der Waals surface area contributed by atoms with E-state index in [1.54, 1.807) is 6.20 Å². The molecule has 2 heterocycles. The molecule has 2 aromatic rings. The van der Waals surface area contributed by atoms with Gasteiger partial charge in [-0.1, -0.05) is 30.3 Å². The van der Waals surface area contributed by atoms with Gasteiger partial charge in [0.15, 0.2) is 5.76 Å². The zero-order valence-corrected chi connectivity index (χ0v) is 9.41. The van der Waals surface area contributed by atoms with Crippen LogP contribution in [0.5, 0.6) is 0 Å². The van der Waals surface area contributed by atoms with Gasteiger partial charge in [0.1, 0.15) is 0 Å². The Labute approximate surface area is 99.5 Å². The molecule has 4 nitrogen and oxygen atoms in total. The van der Waals surface area contributed by atoms with Gasteiger partial charge in [0.05, 0.1) is 18.8 Å². The summed E-state index contributed by atoms with van der Waals surface area (Å²) < 4.78 is 5.68. The van der Waals surface area contributed by atoms with Crippen molar-refractivity contribution in [3.05, 3.63) is 42.4 Å². The number of nitrogens with zero attached hydrogens (tertiary/aromatic N) is 2. The minimum absolute atomic E-state index is 0.182. The molecule has 0 amide bonds. The summed E-state index contributed by atoms with van der Waals surface area (Å²) in [5, 5.41) is 9.19. The number of β-amino-alcohol motifs (C(OH)–C–C–N with tert-alkyl or cyclic N) is 1. The van der Waals surface area contributed by atoms with Gasteiger partial charge in [-0.15, -0.1) is 0 Å². The quantitative estimate of drug-likeness (QED) is 0.868. The molecule has 0 saturated carbocycles. The van der Waals surface area contributed by atoms with Crippen molar-refractivity contribution in [2.75, 3.05) is 13.1 Å². The van der Waals surface area contributed by atoms with Crippen molar-refractivity contribution in [1.82, 2.24) is 9.88 Å². The Morgan fingerprint density at radius 2 is 2.06 bits per heavy atom. The Bertz CT molecular complexity index is 489. The number of oxazole rings is 1. The smallest absolute Gasteiger partial charge is 0.209 e. The van der Waals surface area contributed by atoms with Gasteiger partial charge in [-0.05, 0) is 0 Å². The van der Waals surface area contributed by atoms with Crippen LogP contribution in [0.15, 0.2) is 40.9 Å². The second kappa shape index (κ2) is 4.31. The van der Waals surface area contributed by atoms with Crippen molar-refractivity contribution in [2.45, 2.75) is 12.6 Å². The van der Waals surface area contributed by atoms with E-state index in [9.17, 15) is 5.11 Å². The molecule has 0 radical (unpaired) electrons. The van der Waals surface area contributed by atoms with Gasteiger partial charge in [-0.25, -0.2) is 4.98 Å². The van der Waals surface area contributed by atoms with Crippen LogP contribution in [0, 0.1) is 0 Å². The fourth-order valence-electron chi connectivity index (χ4n) is 1.98. The lowest BCUT2D eigenvalue weighted by Crippen LogP contribution is -2.49. The van der Waals surface area contributed by atoms with Gasteiger partial charge < -0.3 is 9.52 Å². The van der Waals surface area contributed by atoms with E-state index >= 15 is 0 Å². The predicted molar refractivity (Wildman–Crippen MR) is 63.2 cm³/mol. The van der Waals surface area contributed by atoms with E-state index in [1.807, 2.05) is 30.3 Å². The van der Waals surface area contributed by atoms with Crippen LogP contribution in [-0.4, -0.2) is 34.2 Å². The molecule has 4 heteroatoms. The molecule has 1 fully saturated rings. The van der Waals surface area contributed by atoms with Gasteiger partial charge in [0.25, 0.3) is 0 Å². The number of hydrogen-bond acceptors (Lipinski definition) is 4. The van der Waals surface area contributed by atoms with Crippen LogP contribution in [0.3, 0.4) is 0 Å². The maximum absolute atomic E-state index is 9.19. The average molecular weight is 230 g/mol. The zero-order valence-electron chi connectivity index (χ0n) is 9.41. The zero-order chi connectivity index (χ0) is 11.7. The minimum Gasteiger partial charge on any atom is -0.439 e. The molecule has 88 valence electrons. The van der Waals surface area contributed by atoms with E-state index in [0.29, 0.717) is 25.5 Å². The van der Waals surface area contributed by atoms with Crippen molar-refractivity contribution >= 4 is 0 Å². The first-order chi connectivity index (χ1) is 8.31. The molecule has 0 atom stereocenters. The topological polar surface area (TPSA) is 49.5 Å². The first-order valence-electron chi connectivity index (χ1n) is 5.72. The van der Waals surface area contributed by atoms with Crippen molar-refractivity contribution < 1.29 is 9.52 Å². The summed E-state index contributed by atoms with van der Waals surface area (Å²) in [5.74, 6) is 1.50. The van der Waals surface area contributed by atoms with E-state index in [2.05, 4.69) is 9.88 Å². The van der Waals surface area contributed by atoms with Crippen LogP contribution in [0.1, 0.15) is 5.89 Å². The standard InChI is InChI=1S/C13H14N2O2/c16-11-7-15(8-11)9-13-14-6-12(17-13)10-4-2-1-3-5-10/h1-6,11,16H,7-9H2. The summed E-state index contributed by atoms with van der Waals surface area (Å²) in [6.45, 7) is 2.09. The largest absolute Gasteiger partial charge is 0.439 e. The molecule has 1 aliphatic heterocycles. The van der Waals surface area contributed by atoms with Crippen LogP contribution in [0.25, 0.3) is 11.3 Å². The SMILES string of the molecule is OC1CN(Cc2ncc(-c3ccccc3)o2)C1. The first kappa shape index (κ1) is 10.5. The summed E-state index contributed by atoms with van der Waals surface area (Å²) in [4.78, 5) is 6.35. The molecule has 0 unspecified atom stereocenters. The number of benzene rings is 1. The third-order valence-corrected chi connectivity index (χ3v) is 2.91. The summed E-state index contributed by atoms with van der Waals surface area (Å²) in [6.07, 6.45) is 1.57. The van der Waals surface area contributed by atoms with Crippen molar-refractivity contribution in [1.29, 1.82) is 0 Å². The number of likely N-dealkylation sites (tertiary alicyclic amines) is 1. The fourth-order valence-corrected chi connectivity index (χ4v) is 1.98. The van der Waals surface area contributed by atoms with Gasteiger partial charge in [0.2, 0.25) is 5.89 Å². The van der Waals surface area contributed by atoms with Gasteiger partial charge in [-0.3, -0.25) is 4.90 Å². The number of rotatable bonds is 3. The molecular formula is C13H14N2O2. The summed E-state index contributed by atoms with van der Waals surface area (Å²) in [5.41, 5.74) is 1.04. The maximum Gasteiger partial charge on any atom is 0.209 e. The molecular weight excluding hydrogens is 216 g/mol. The van der Waals surface area contributed by atoms with Crippen LogP contribution in [0.4, 0.5) is 0 Å². The van der Waals surface area contributed by atoms with E-state index in [1.165, 1.54) is 0 Å². The van der Waals surface area contributed by atoms with E-state index in [4.69, 9.17) is 4.42 Å². The molecule has 1 aromatic heterocycles. The normalized spacial score (nSPS) is 17.0. The van der Waals surface area contributed by atoms with Crippen molar-refractivity contribution in [3.8, 4) is 11.3 Å². The predicted octanol–water partition coefficient (Wildman–Crippen LogP) is 1.52. The highest BCUT2D eigenvalue weighted by molar-refractivity contribution is 5.55. The number of hydrogen-bond donors (Lipinski definition) is 1. The van der Waals surface area contributed by atoms with E-state index in [0.717, 1.165) is 11.3 Å².